The summed E-state index contributed by atoms with van der Waals surface area (Å²) in [4.78, 5) is 0. The smallest absolute Gasteiger partial charge is 0.169 e. The number of methoxy groups -OCH3 is 3. The quantitative estimate of drug-likeness (QED) is 0.912. The van der Waals surface area contributed by atoms with Gasteiger partial charge in [0.05, 0.1) is 32.1 Å². The lowest BCUT2D eigenvalue weighted by atomic mass is 10.1. The van der Waals surface area contributed by atoms with Crippen LogP contribution in [0.25, 0.3) is 10.8 Å². The summed E-state index contributed by atoms with van der Waals surface area (Å²) in [5.74, 6) is 0.00190. The van der Waals surface area contributed by atoms with Crippen LogP contribution in [0.15, 0.2) is 18.2 Å². The molecule has 0 spiro atoms. The highest BCUT2D eigenvalue weighted by molar-refractivity contribution is 6.02. The van der Waals surface area contributed by atoms with Crippen molar-refractivity contribution in [2.75, 3.05) is 21.3 Å². The molecule has 0 radical (unpaired) electrons. The van der Waals surface area contributed by atoms with Gasteiger partial charge in [0.2, 0.25) is 0 Å². The van der Waals surface area contributed by atoms with E-state index >= 15 is 0 Å². The maximum absolute atomic E-state index is 13.8. The largest absolute Gasteiger partial charge is 0.507 e. The van der Waals surface area contributed by atoms with Gasteiger partial charge in [0.1, 0.15) is 17.2 Å². The second-order valence-corrected chi connectivity index (χ2v) is 3.63. The molecule has 0 saturated heterocycles. The second kappa shape index (κ2) is 4.60. The Morgan fingerprint density at radius 2 is 1.61 bits per heavy atom. The zero-order valence-corrected chi connectivity index (χ0v) is 10.3. The van der Waals surface area contributed by atoms with Crippen LogP contribution in [0, 0.1) is 5.82 Å². The van der Waals surface area contributed by atoms with E-state index in [1.165, 1.54) is 33.5 Å². The zero-order valence-electron chi connectivity index (χ0n) is 10.3. The van der Waals surface area contributed by atoms with Crippen molar-refractivity contribution in [3.63, 3.8) is 0 Å². The monoisotopic (exact) mass is 252 g/mol. The van der Waals surface area contributed by atoms with Gasteiger partial charge in [-0.1, -0.05) is 0 Å². The third kappa shape index (κ3) is 1.68. The molecular weight excluding hydrogens is 239 g/mol. The van der Waals surface area contributed by atoms with Gasteiger partial charge < -0.3 is 19.3 Å². The van der Waals surface area contributed by atoms with Crippen LogP contribution in [0.2, 0.25) is 0 Å². The molecule has 0 atom stereocenters. The fourth-order valence-corrected chi connectivity index (χ4v) is 1.95. The average Bonchev–Trinajstić information content (AvgIpc) is 2.38. The number of phenolic OH excluding ortho intramolecular Hbond substituents is 1. The van der Waals surface area contributed by atoms with Crippen molar-refractivity contribution in [2.45, 2.75) is 0 Å². The van der Waals surface area contributed by atoms with E-state index in [4.69, 9.17) is 14.2 Å². The molecule has 0 aromatic heterocycles. The van der Waals surface area contributed by atoms with E-state index in [0.29, 0.717) is 11.1 Å². The third-order valence-electron chi connectivity index (χ3n) is 2.74. The molecule has 96 valence electrons. The average molecular weight is 252 g/mol. The molecule has 0 amide bonds. The molecule has 4 nitrogen and oxygen atoms in total. The number of ether oxygens (including phenoxy) is 3. The van der Waals surface area contributed by atoms with E-state index < -0.39 is 5.82 Å². The Labute approximate surface area is 104 Å². The van der Waals surface area contributed by atoms with Crippen LogP contribution in [0.1, 0.15) is 0 Å². The summed E-state index contributed by atoms with van der Waals surface area (Å²) in [5.41, 5.74) is 0. The van der Waals surface area contributed by atoms with Crippen LogP contribution in [0.4, 0.5) is 4.39 Å². The number of rotatable bonds is 3. The summed E-state index contributed by atoms with van der Waals surface area (Å²) in [6.07, 6.45) is 0. The Kier molecular flexibility index (Phi) is 3.14. The Morgan fingerprint density at radius 3 is 2.17 bits per heavy atom. The Bertz CT molecular complexity index is 595. The molecule has 0 unspecified atom stereocenters. The molecule has 0 fully saturated rings. The molecule has 0 heterocycles. The van der Waals surface area contributed by atoms with Gasteiger partial charge in [0.15, 0.2) is 11.6 Å². The summed E-state index contributed by atoms with van der Waals surface area (Å²) >= 11 is 0. The number of phenols is 1. The highest BCUT2D eigenvalue weighted by Crippen LogP contribution is 2.45. The first-order chi connectivity index (χ1) is 8.63. The first kappa shape index (κ1) is 12.3. The Morgan fingerprint density at radius 1 is 0.944 bits per heavy atom. The van der Waals surface area contributed by atoms with E-state index in [-0.39, 0.29) is 22.6 Å². The molecule has 2 aromatic rings. The summed E-state index contributed by atoms with van der Waals surface area (Å²) in [6.45, 7) is 0. The van der Waals surface area contributed by atoms with Crippen LogP contribution >= 0.6 is 0 Å². The first-order valence-electron chi connectivity index (χ1n) is 5.24. The van der Waals surface area contributed by atoms with Crippen molar-refractivity contribution in [2.24, 2.45) is 0 Å². The van der Waals surface area contributed by atoms with Crippen molar-refractivity contribution in [3.8, 4) is 23.0 Å². The molecule has 1 N–H and O–H groups in total. The second-order valence-electron chi connectivity index (χ2n) is 3.63. The van der Waals surface area contributed by atoms with Crippen molar-refractivity contribution in [3.05, 3.63) is 24.0 Å². The van der Waals surface area contributed by atoms with Crippen LogP contribution in [-0.2, 0) is 0 Å². The minimum Gasteiger partial charge on any atom is -0.507 e. The minimum atomic E-state index is -0.606. The molecule has 0 aliphatic heterocycles. The lowest BCUT2D eigenvalue weighted by molar-refractivity contribution is 0.378. The number of halogens is 1. The minimum absolute atomic E-state index is 0.0396. The molecule has 5 heteroatoms. The van der Waals surface area contributed by atoms with E-state index in [2.05, 4.69) is 0 Å². The van der Waals surface area contributed by atoms with Crippen LogP contribution in [-0.4, -0.2) is 26.4 Å². The van der Waals surface area contributed by atoms with E-state index in [1.807, 2.05) is 0 Å². The normalized spacial score (nSPS) is 10.4. The third-order valence-corrected chi connectivity index (χ3v) is 2.74. The molecule has 0 saturated carbocycles. The Balaban J connectivity index is 3.00. The fraction of sp³-hybridized carbons (Fsp3) is 0.231. The summed E-state index contributed by atoms with van der Waals surface area (Å²) in [7, 11) is 4.24. The lowest BCUT2D eigenvalue weighted by Crippen LogP contribution is -1.96. The zero-order chi connectivity index (χ0) is 13.3. The number of benzene rings is 2. The van der Waals surface area contributed by atoms with E-state index in [0.717, 1.165) is 0 Å². The summed E-state index contributed by atoms with van der Waals surface area (Å²) < 4.78 is 29.1. The molecule has 2 rings (SSSR count). The molecule has 0 aliphatic carbocycles. The number of hydrogen-bond acceptors (Lipinski definition) is 4. The molecule has 2 aromatic carbocycles. The summed E-state index contributed by atoms with van der Waals surface area (Å²) in [5, 5.41) is 10.6. The molecule has 0 aliphatic rings. The highest BCUT2D eigenvalue weighted by Gasteiger charge is 2.19. The maximum Gasteiger partial charge on any atom is 0.169 e. The summed E-state index contributed by atoms with van der Waals surface area (Å²) in [6, 6.07) is 4.20. The first-order valence-corrected chi connectivity index (χ1v) is 5.24. The van der Waals surface area contributed by atoms with Gasteiger partial charge in [-0.25, -0.2) is 4.39 Å². The predicted molar refractivity (Wildman–Crippen MR) is 65.2 cm³/mol. The van der Waals surface area contributed by atoms with Gasteiger partial charge in [-0.05, 0) is 12.1 Å². The lowest BCUT2D eigenvalue weighted by Gasteiger charge is -2.14. The van der Waals surface area contributed by atoms with E-state index in [1.54, 1.807) is 6.07 Å². The topological polar surface area (TPSA) is 47.9 Å². The molecule has 18 heavy (non-hydrogen) atoms. The molecule has 0 bridgehead atoms. The van der Waals surface area contributed by atoms with Crippen molar-refractivity contribution in [1.29, 1.82) is 0 Å². The highest BCUT2D eigenvalue weighted by atomic mass is 19.1. The van der Waals surface area contributed by atoms with Crippen LogP contribution in [0.5, 0.6) is 23.0 Å². The van der Waals surface area contributed by atoms with Gasteiger partial charge in [-0.3, -0.25) is 0 Å². The predicted octanol–water partition coefficient (Wildman–Crippen LogP) is 2.71. The maximum atomic E-state index is 13.8. The van der Waals surface area contributed by atoms with Crippen molar-refractivity contribution in [1.82, 2.24) is 0 Å². The van der Waals surface area contributed by atoms with Gasteiger partial charge in [-0.15, -0.1) is 0 Å². The number of fused-ring (bicyclic) bond motifs is 1. The molecular formula is C13H13FO4. The fourth-order valence-electron chi connectivity index (χ4n) is 1.95. The van der Waals surface area contributed by atoms with Gasteiger partial charge in [0.25, 0.3) is 0 Å². The van der Waals surface area contributed by atoms with Crippen molar-refractivity contribution >= 4 is 10.8 Å². The number of aromatic hydroxyl groups is 1. The Hall–Kier alpha value is -2.17. The van der Waals surface area contributed by atoms with Crippen LogP contribution < -0.4 is 14.2 Å². The van der Waals surface area contributed by atoms with Gasteiger partial charge >= 0.3 is 0 Å². The van der Waals surface area contributed by atoms with Crippen LogP contribution in [0.3, 0.4) is 0 Å². The van der Waals surface area contributed by atoms with E-state index in [9.17, 15) is 9.50 Å². The standard InChI is InChI=1S/C13H13FO4/c1-16-9-5-4-8(15)11-12(9)10(17-2)6-7(14)13(11)18-3/h4-6,15H,1-3H3. The van der Waals surface area contributed by atoms with Gasteiger partial charge in [0, 0.05) is 6.07 Å². The SMILES string of the molecule is COc1ccc(O)c2c(OC)c(F)cc(OC)c12. The number of hydrogen-bond donors (Lipinski definition) is 1. The van der Waals surface area contributed by atoms with Gasteiger partial charge in [-0.2, -0.15) is 0 Å². The van der Waals surface area contributed by atoms with Crippen molar-refractivity contribution < 1.29 is 23.7 Å².